The van der Waals surface area contributed by atoms with E-state index in [0.717, 1.165) is 48.3 Å². The van der Waals surface area contributed by atoms with Gasteiger partial charge in [-0.2, -0.15) is 10.2 Å². The number of nitrogens with zero attached hydrogens (tertiary/aromatic N) is 5. The number of hydrogen-bond donors (Lipinski definition) is 1. The molecule has 0 bridgehead atoms. The number of aromatic amines is 1. The number of carbonyl (C=O) groups is 1. The Kier molecular flexibility index (Phi) is 7.70. The fourth-order valence-electron chi connectivity index (χ4n) is 4.15. The van der Waals surface area contributed by atoms with Crippen LogP contribution >= 0.6 is 0 Å². The highest BCUT2D eigenvalue weighted by Gasteiger charge is 2.23. The van der Waals surface area contributed by atoms with E-state index in [1.165, 1.54) is 12.1 Å². The summed E-state index contributed by atoms with van der Waals surface area (Å²) in [5.41, 5.74) is 4.26. The van der Waals surface area contributed by atoms with Crippen molar-refractivity contribution in [1.82, 2.24) is 29.9 Å². The average molecular weight is 475 g/mol. The number of benzene rings is 1. The molecule has 182 valence electrons. The van der Waals surface area contributed by atoms with Crippen molar-refractivity contribution in [3.05, 3.63) is 83.7 Å². The van der Waals surface area contributed by atoms with Crippen LogP contribution < -0.4 is 0 Å². The van der Waals surface area contributed by atoms with Gasteiger partial charge < -0.3 is 4.90 Å². The van der Waals surface area contributed by atoms with Gasteiger partial charge >= 0.3 is 0 Å². The lowest BCUT2D eigenvalue weighted by atomic mass is 10.0. The van der Waals surface area contributed by atoms with Gasteiger partial charge in [0, 0.05) is 31.0 Å². The maximum atomic E-state index is 13.2. The molecule has 8 heteroatoms. The standard InChI is InChI=1S/C27H31FN6O/c1-19(2)26-23(18-30-34(26)25-10-6-7-15-29-25)27(35)33(3)16-8-4-5-9-22-17-24(32-31-22)20-11-13-21(28)14-12-20/h6-7,10-15,17-19H,4-5,8-9,16H2,1-3H3,(H,31,32). The van der Waals surface area contributed by atoms with Crippen molar-refractivity contribution in [2.45, 2.75) is 45.4 Å². The summed E-state index contributed by atoms with van der Waals surface area (Å²) in [4.78, 5) is 19.3. The van der Waals surface area contributed by atoms with Gasteiger partial charge in [-0.15, -0.1) is 0 Å². The zero-order valence-electron chi connectivity index (χ0n) is 20.4. The van der Waals surface area contributed by atoms with E-state index in [2.05, 4.69) is 34.1 Å². The number of nitrogens with one attached hydrogen (secondary N) is 1. The Hall–Kier alpha value is -3.81. The highest BCUT2D eigenvalue weighted by Crippen LogP contribution is 2.23. The van der Waals surface area contributed by atoms with Crippen LogP contribution in [-0.2, 0) is 6.42 Å². The smallest absolute Gasteiger partial charge is 0.257 e. The summed E-state index contributed by atoms with van der Waals surface area (Å²) in [7, 11) is 1.84. The number of pyridine rings is 1. The molecule has 35 heavy (non-hydrogen) atoms. The zero-order chi connectivity index (χ0) is 24.8. The van der Waals surface area contributed by atoms with Crippen LogP contribution in [0.4, 0.5) is 4.39 Å². The first kappa shape index (κ1) is 24.3. The lowest BCUT2D eigenvalue weighted by Crippen LogP contribution is -2.28. The molecule has 0 atom stereocenters. The van der Waals surface area contributed by atoms with Crippen LogP contribution in [0.3, 0.4) is 0 Å². The maximum absolute atomic E-state index is 13.2. The van der Waals surface area contributed by atoms with E-state index in [-0.39, 0.29) is 17.6 Å². The summed E-state index contributed by atoms with van der Waals surface area (Å²) in [6.07, 6.45) is 7.14. The summed E-state index contributed by atoms with van der Waals surface area (Å²) >= 11 is 0. The number of rotatable bonds is 10. The van der Waals surface area contributed by atoms with Gasteiger partial charge in [-0.25, -0.2) is 14.1 Å². The molecular formula is C27H31FN6O. The van der Waals surface area contributed by atoms with Gasteiger partial charge in [-0.1, -0.05) is 26.3 Å². The number of halogens is 1. The van der Waals surface area contributed by atoms with Crippen LogP contribution in [-0.4, -0.2) is 49.4 Å². The lowest BCUT2D eigenvalue weighted by molar-refractivity contribution is 0.0791. The van der Waals surface area contributed by atoms with Crippen LogP contribution in [0.1, 0.15) is 60.8 Å². The van der Waals surface area contributed by atoms with Gasteiger partial charge in [-0.3, -0.25) is 9.89 Å². The number of H-pyrrole nitrogens is 1. The van der Waals surface area contributed by atoms with Gasteiger partial charge in [0.2, 0.25) is 0 Å². The lowest BCUT2D eigenvalue weighted by Gasteiger charge is -2.18. The van der Waals surface area contributed by atoms with Crippen molar-refractivity contribution >= 4 is 5.91 Å². The minimum absolute atomic E-state index is 0.0200. The predicted molar refractivity (Wildman–Crippen MR) is 134 cm³/mol. The molecule has 0 aliphatic rings. The Bertz CT molecular complexity index is 1250. The fraction of sp³-hybridized carbons (Fsp3) is 0.333. The molecule has 1 amide bonds. The van der Waals surface area contributed by atoms with Crippen LogP contribution in [0.25, 0.3) is 17.1 Å². The molecule has 3 aromatic heterocycles. The van der Waals surface area contributed by atoms with E-state index in [9.17, 15) is 9.18 Å². The van der Waals surface area contributed by atoms with E-state index in [1.807, 2.05) is 31.3 Å². The van der Waals surface area contributed by atoms with Gasteiger partial charge in [0.15, 0.2) is 5.82 Å². The van der Waals surface area contributed by atoms with Crippen molar-refractivity contribution in [1.29, 1.82) is 0 Å². The third kappa shape index (κ3) is 5.82. The Morgan fingerprint density at radius 3 is 2.63 bits per heavy atom. The highest BCUT2D eigenvalue weighted by molar-refractivity contribution is 5.95. The highest BCUT2D eigenvalue weighted by atomic mass is 19.1. The third-order valence-electron chi connectivity index (χ3n) is 6.01. The average Bonchev–Trinajstić information content (AvgIpc) is 3.52. The van der Waals surface area contributed by atoms with Crippen LogP contribution in [0, 0.1) is 5.82 Å². The van der Waals surface area contributed by atoms with Crippen molar-refractivity contribution < 1.29 is 9.18 Å². The second-order valence-corrected chi connectivity index (χ2v) is 9.02. The monoisotopic (exact) mass is 474 g/mol. The van der Waals surface area contributed by atoms with Crippen molar-refractivity contribution in [2.75, 3.05) is 13.6 Å². The largest absolute Gasteiger partial charge is 0.342 e. The number of unbranched alkanes of at least 4 members (excludes halogenated alkanes) is 2. The summed E-state index contributed by atoms with van der Waals surface area (Å²) < 4.78 is 14.9. The van der Waals surface area contributed by atoms with Gasteiger partial charge in [-0.05, 0) is 67.6 Å². The predicted octanol–water partition coefficient (Wildman–Crippen LogP) is 5.40. The molecule has 1 N–H and O–H groups in total. The summed E-state index contributed by atoms with van der Waals surface area (Å²) in [6, 6.07) is 14.0. The fourth-order valence-corrected chi connectivity index (χ4v) is 4.15. The quantitative estimate of drug-likeness (QED) is 0.312. The topological polar surface area (TPSA) is 79.7 Å². The van der Waals surface area contributed by atoms with E-state index < -0.39 is 0 Å². The first-order valence-corrected chi connectivity index (χ1v) is 12.0. The van der Waals surface area contributed by atoms with Crippen LogP contribution in [0.5, 0.6) is 0 Å². The van der Waals surface area contributed by atoms with Crippen molar-refractivity contribution in [3.8, 4) is 17.1 Å². The Balaban J connectivity index is 1.28. The summed E-state index contributed by atoms with van der Waals surface area (Å²) in [5, 5.41) is 11.9. The molecule has 0 fully saturated rings. The first-order chi connectivity index (χ1) is 16.9. The zero-order valence-corrected chi connectivity index (χ0v) is 20.4. The Morgan fingerprint density at radius 2 is 1.91 bits per heavy atom. The normalized spacial score (nSPS) is 11.2. The van der Waals surface area contributed by atoms with E-state index in [0.29, 0.717) is 17.9 Å². The SMILES string of the molecule is CC(C)c1c(C(=O)N(C)CCCCCc2cc(-c3ccc(F)cc3)n[nH]2)cnn1-c1ccccn1. The molecule has 3 heterocycles. The summed E-state index contributed by atoms with van der Waals surface area (Å²) in [5.74, 6) is 0.559. The third-order valence-corrected chi connectivity index (χ3v) is 6.01. The Morgan fingerprint density at radius 1 is 1.11 bits per heavy atom. The molecule has 0 aliphatic heterocycles. The van der Waals surface area contributed by atoms with Gasteiger partial charge in [0.05, 0.1) is 23.1 Å². The first-order valence-electron chi connectivity index (χ1n) is 12.0. The Labute approximate surface area is 205 Å². The van der Waals surface area contributed by atoms with Gasteiger partial charge in [0.1, 0.15) is 5.82 Å². The number of carbonyl (C=O) groups excluding carboxylic acids is 1. The van der Waals surface area contributed by atoms with Crippen molar-refractivity contribution in [3.63, 3.8) is 0 Å². The second kappa shape index (κ2) is 11.1. The van der Waals surface area contributed by atoms with Gasteiger partial charge in [0.25, 0.3) is 5.91 Å². The van der Waals surface area contributed by atoms with Crippen molar-refractivity contribution in [2.24, 2.45) is 0 Å². The maximum Gasteiger partial charge on any atom is 0.257 e. The van der Waals surface area contributed by atoms with Crippen LogP contribution in [0.15, 0.2) is 60.9 Å². The number of aromatic nitrogens is 5. The van der Waals surface area contributed by atoms with E-state index in [1.54, 1.807) is 34.1 Å². The molecule has 0 spiro atoms. The summed E-state index contributed by atoms with van der Waals surface area (Å²) in [6.45, 7) is 4.79. The second-order valence-electron chi connectivity index (χ2n) is 9.02. The molecule has 0 saturated heterocycles. The van der Waals surface area contributed by atoms with E-state index >= 15 is 0 Å². The molecule has 1 aromatic carbocycles. The molecule has 0 radical (unpaired) electrons. The number of amides is 1. The minimum Gasteiger partial charge on any atom is -0.342 e. The molecule has 4 aromatic rings. The minimum atomic E-state index is -0.254. The molecule has 4 rings (SSSR count). The number of hydrogen-bond acceptors (Lipinski definition) is 4. The number of aryl methyl sites for hydroxylation is 1. The van der Waals surface area contributed by atoms with E-state index in [4.69, 9.17) is 0 Å². The molecule has 0 saturated carbocycles. The molecule has 7 nitrogen and oxygen atoms in total. The van der Waals surface area contributed by atoms with Crippen LogP contribution in [0.2, 0.25) is 0 Å². The molecule has 0 unspecified atom stereocenters. The molecular weight excluding hydrogens is 443 g/mol. The molecule has 0 aliphatic carbocycles.